The minimum Gasteiger partial charge on any atom is -0.396 e. The first-order chi connectivity index (χ1) is 7.83. The van der Waals surface area contributed by atoms with E-state index in [1.54, 1.807) is 13.8 Å². The SMILES string of the molecule is CC(C)NC(=O)CS(=O)(=O)c1ccncc1N. The molecule has 7 heteroatoms. The maximum Gasteiger partial charge on any atom is 0.235 e. The van der Waals surface area contributed by atoms with Gasteiger partial charge in [-0.3, -0.25) is 9.78 Å². The number of pyridine rings is 1. The maximum atomic E-state index is 11.9. The predicted octanol–water partition coefficient (Wildman–Crippen LogP) is -0.0379. The number of carbonyl (C=O) groups excluding carboxylic acids is 1. The number of sulfone groups is 1. The smallest absolute Gasteiger partial charge is 0.235 e. The number of anilines is 1. The molecule has 3 N–H and O–H groups in total. The first-order valence-electron chi connectivity index (χ1n) is 5.04. The molecule has 1 amide bonds. The molecule has 0 saturated carbocycles. The summed E-state index contributed by atoms with van der Waals surface area (Å²) < 4.78 is 23.8. The van der Waals surface area contributed by atoms with Gasteiger partial charge in [-0.15, -0.1) is 0 Å². The molecule has 1 aromatic heterocycles. The van der Waals surface area contributed by atoms with Gasteiger partial charge in [0, 0.05) is 12.2 Å². The van der Waals surface area contributed by atoms with Crippen molar-refractivity contribution in [1.82, 2.24) is 10.3 Å². The van der Waals surface area contributed by atoms with Crippen LogP contribution in [0.4, 0.5) is 5.69 Å². The summed E-state index contributed by atoms with van der Waals surface area (Å²) in [5, 5.41) is 2.51. The van der Waals surface area contributed by atoms with Gasteiger partial charge in [0.05, 0.1) is 16.8 Å². The number of hydrogen-bond donors (Lipinski definition) is 2. The number of rotatable bonds is 4. The first-order valence-corrected chi connectivity index (χ1v) is 6.70. The number of hydrogen-bond acceptors (Lipinski definition) is 5. The summed E-state index contributed by atoms with van der Waals surface area (Å²) in [6.45, 7) is 3.51. The molecule has 1 heterocycles. The van der Waals surface area contributed by atoms with Crippen LogP contribution in [-0.4, -0.2) is 31.1 Å². The molecule has 0 radical (unpaired) electrons. The van der Waals surface area contributed by atoms with E-state index >= 15 is 0 Å². The second-order valence-corrected chi connectivity index (χ2v) is 5.85. The number of nitrogen functional groups attached to an aromatic ring is 1. The van der Waals surface area contributed by atoms with E-state index in [1.165, 1.54) is 18.5 Å². The van der Waals surface area contributed by atoms with Crippen LogP contribution < -0.4 is 11.1 Å². The molecular formula is C10H15N3O3S. The summed E-state index contributed by atoms with van der Waals surface area (Å²) in [5.74, 6) is -1.16. The standard InChI is InChI=1S/C10H15N3O3S/c1-7(2)13-10(14)6-17(15,16)9-3-4-12-5-8(9)11/h3-5,7H,6,11H2,1-2H3,(H,13,14). The zero-order valence-corrected chi connectivity index (χ0v) is 10.5. The molecule has 0 aliphatic rings. The van der Waals surface area contributed by atoms with Crippen molar-refractivity contribution < 1.29 is 13.2 Å². The summed E-state index contributed by atoms with van der Waals surface area (Å²) in [7, 11) is -3.71. The third kappa shape index (κ3) is 3.70. The van der Waals surface area contributed by atoms with E-state index in [0.29, 0.717) is 0 Å². The largest absolute Gasteiger partial charge is 0.396 e. The second-order valence-electron chi connectivity index (χ2n) is 3.89. The van der Waals surface area contributed by atoms with E-state index in [4.69, 9.17) is 5.73 Å². The quantitative estimate of drug-likeness (QED) is 0.788. The van der Waals surface area contributed by atoms with Crippen LogP contribution in [0.3, 0.4) is 0 Å². The lowest BCUT2D eigenvalue weighted by molar-refractivity contribution is -0.119. The monoisotopic (exact) mass is 257 g/mol. The molecule has 1 rings (SSSR count). The fourth-order valence-electron chi connectivity index (χ4n) is 1.29. The van der Waals surface area contributed by atoms with Gasteiger partial charge in [0.2, 0.25) is 5.91 Å². The number of carbonyl (C=O) groups is 1. The number of aromatic nitrogens is 1. The fraction of sp³-hybridized carbons (Fsp3) is 0.400. The number of amides is 1. The molecule has 0 saturated heterocycles. The summed E-state index contributed by atoms with van der Waals surface area (Å²) in [6, 6.07) is 1.18. The average molecular weight is 257 g/mol. The Morgan fingerprint density at radius 1 is 1.53 bits per heavy atom. The number of nitrogens with one attached hydrogen (secondary N) is 1. The van der Waals surface area contributed by atoms with Crippen molar-refractivity contribution in [2.45, 2.75) is 24.8 Å². The van der Waals surface area contributed by atoms with Gasteiger partial charge in [-0.25, -0.2) is 8.42 Å². The molecule has 0 spiro atoms. The Balaban J connectivity index is 2.91. The minimum absolute atomic E-state index is 0.0462. The number of nitrogens with zero attached hydrogens (tertiary/aromatic N) is 1. The summed E-state index contributed by atoms with van der Waals surface area (Å²) in [5.41, 5.74) is 5.56. The fourth-order valence-corrected chi connectivity index (χ4v) is 2.56. The highest BCUT2D eigenvalue weighted by molar-refractivity contribution is 7.92. The molecule has 1 aromatic rings. The van der Waals surface area contributed by atoms with Crippen molar-refractivity contribution in [2.75, 3.05) is 11.5 Å². The molecule has 0 aromatic carbocycles. The Bertz CT molecular complexity index is 511. The molecule has 0 aliphatic heterocycles. The first kappa shape index (κ1) is 13.4. The molecular weight excluding hydrogens is 242 g/mol. The molecule has 0 fully saturated rings. The highest BCUT2D eigenvalue weighted by Crippen LogP contribution is 2.17. The third-order valence-electron chi connectivity index (χ3n) is 1.92. The van der Waals surface area contributed by atoms with Gasteiger partial charge in [0.25, 0.3) is 0 Å². The van der Waals surface area contributed by atoms with Crippen LogP contribution in [0.25, 0.3) is 0 Å². The van der Waals surface area contributed by atoms with E-state index in [0.717, 1.165) is 0 Å². The lowest BCUT2D eigenvalue weighted by Crippen LogP contribution is -2.35. The topological polar surface area (TPSA) is 102 Å². The molecule has 0 bridgehead atoms. The zero-order chi connectivity index (χ0) is 13.1. The van der Waals surface area contributed by atoms with Crippen LogP contribution in [0, 0.1) is 0 Å². The van der Waals surface area contributed by atoms with Crippen molar-refractivity contribution >= 4 is 21.4 Å². The molecule has 17 heavy (non-hydrogen) atoms. The van der Waals surface area contributed by atoms with Gasteiger partial charge < -0.3 is 11.1 Å². The molecule has 94 valence electrons. The van der Waals surface area contributed by atoms with Gasteiger partial charge in [-0.1, -0.05) is 0 Å². The normalized spacial score (nSPS) is 11.5. The van der Waals surface area contributed by atoms with Crippen LogP contribution >= 0.6 is 0 Å². The molecule has 0 atom stereocenters. The Morgan fingerprint density at radius 2 is 2.18 bits per heavy atom. The van der Waals surface area contributed by atoms with Gasteiger partial charge >= 0.3 is 0 Å². The second kappa shape index (κ2) is 5.13. The molecule has 0 unspecified atom stereocenters. The van der Waals surface area contributed by atoms with Crippen LogP contribution in [0.1, 0.15) is 13.8 Å². The van der Waals surface area contributed by atoms with Crippen LogP contribution in [-0.2, 0) is 14.6 Å². The average Bonchev–Trinajstić information content (AvgIpc) is 2.15. The van der Waals surface area contributed by atoms with E-state index in [9.17, 15) is 13.2 Å². The predicted molar refractivity (Wildman–Crippen MR) is 64.0 cm³/mol. The van der Waals surface area contributed by atoms with E-state index in [2.05, 4.69) is 10.3 Å². The maximum absolute atomic E-state index is 11.9. The third-order valence-corrected chi connectivity index (χ3v) is 3.60. The zero-order valence-electron chi connectivity index (χ0n) is 9.67. The molecule has 6 nitrogen and oxygen atoms in total. The highest BCUT2D eigenvalue weighted by atomic mass is 32.2. The summed E-state index contributed by atoms with van der Waals surface area (Å²) in [4.78, 5) is 15.0. The number of nitrogens with two attached hydrogens (primary N) is 1. The highest BCUT2D eigenvalue weighted by Gasteiger charge is 2.21. The van der Waals surface area contributed by atoms with E-state index in [1.807, 2.05) is 0 Å². The van der Waals surface area contributed by atoms with Crippen molar-refractivity contribution in [3.05, 3.63) is 18.5 Å². The Hall–Kier alpha value is -1.63. The Kier molecular flexibility index (Phi) is 4.06. The van der Waals surface area contributed by atoms with Crippen LogP contribution in [0.5, 0.6) is 0 Å². The summed E-state index contributed by atoms with van der Waals surface area (Å²) >= 11 is 0. The van der Waals surface area contributed by atoms with E-state index in [-0.39, 0.29) is 16.6 Å². The van der Waals surface area contributed by atoms with Crippen molar-refractivity contribution in [3.8, 4) is 0 Å². The van der Waals surface area contributed by atoms with Crippen molar-refractivity contribution in [3.63, 3.8) is 0 Å². The van der Waals surface area contributed by atoms with E-state index < -0.39 is 21.5 Å². The van der Waals surface area contributed by atoms with Crippen LogP contribution in [0.15, 0.2) is 23.4 Å². The minimum atomic E-state index is -3.71. The van der Waals surface area contributed by atoms with Crippen molar-refractivity contribution in [1.29, 1.82) is 0 Å². The van der Waals surface area contributed by atoms with Gasteiger partial charge in [-0.2, -0.15) is 0 Å². The van der Waals surface area contributed by atoms with Gasteiger partial charge in [0.1, 0.15) is 5.75 Å². The van der Waals surface area contributed by atoms with Crippen LogP contribution in [0.2, 0.25) is 0 Å². The Morgan fingerprint density at radius 3 is 2.71 bits per heavy atom. The Labute approximate surface area is 100 Å². The molecule has 0 aliphatic carbocycles. The lowest BCUT2D eigenvalue weighted by atomic mass is 10.4. The van der Waals surface area contributed by atoms with Crippen molar-refractivity contribution in [2.24, 2.45) is 0 Å². The van der Waals surface area contributed by atoms with Gasteiger partial charge in [-0.05, 0) is 19.9 Å². The summed E-state index contributed by atoms with van der Waals surface area (Å²) in [6.07, 6.45) is 2.57. The lowest BCUT2D eigenvalue weighted by Gasteiger charge is -2.09. The van der Waals surface area contributed by atoms with Gasteiger partial charge in [0.15, 0.2) is 9.84 Å².